The smallest absolute Gasteiger partial charge is 0.421 e. The Morgan fingerprint density at radius 1 is 1.04 bits per heavy atom. The summed E-state index contributed by atoms with van der Waals surface area (Å²) in [4.78, 5) is 4.29. The van der Waals surface area contributed by atoms with Gasteiger partial charge in [-0.2, -0.15) is 13.2 Å². The van der Waals surface area contributed by atoms with Crippen molar-refractivity contribution in [3.63, 3.8) is 0 Å². The fourth-order valence-electron chi connectivity index (χ4n) is 2.01. The van der Waals surface area contributed by atoms with Crippen LogP contribution in [0.5, 0.6) is 10.9 Å². The number of fused-ring (bicyclic) bond motifs is 1. The number of aliphatic hydroxyl groups is 1. The molecule has 3 nitrogen and oxygen atoms in total. The zero-order valence-electron chi connectivity index (χ0n) is 12.0. The molecular formula is C16H12F3NO2S. The average Bonchev–Trinajstić information content (AvgIpc) is 2.88. The highest BCUT2D eigenvalue weighted by atomic mass is 32.1. The molecule has 0 aliphatic heterocycles. The maximum absolute atomic E-state index is 12.8. The van der Waals surface area contributed by atoms with Gasteiger partial charge in [-0.25, -0.2) is 4.98 Å². The second kappa shape index (κ2) is 5.50. The molecular weight excluding hydrogens is 327 g/mol. The number of halogens is 3. The van der Waals surface area contributed by atoms with E-state index in [0.717, 1.165) is 17.1 Å². The summed E-state index contributed by atoms with van der Waals surface area (Å²) in [5.74, 6) is 0.353. The Bertz CT molecular complexity index is 792. The van der Waals surface area contributed by atoms with E-state index >= 15 is 0 Å². The van der Waals surface area contributed by atoms with Gasteiger partial charge in [-0.3, -0.25) is 0 Å². The summed E-state index contributed by atoms with van der Waals surface area (Å²) in [6.45, 7) is 0.719. The zero-order chi connectivity index (χ0) is 16.7. The van der Waals surface area contributed by atoms with Gasteiger partial charge in [0.25, 0.3) is 5.19 Å². The van der Waals surface area contributed by atoms with Crippen LogP contribution in [0.15, 0.2) is 48.5 Å². The lowest BCUT2D eigenvalue weighted by atomic mass is 9.95. The largest absolute Gasteiger partial charge is 0.431 e. The Morgan fingerprint density at radius 3 is 2.30 bits per heavy atom. The molecule has 120 valence electrons. The fraction of sp³-hybridized carbons (Fsp3) is 0.188. The van der Waals surface area contributed by atoms with Crippen molar-refractivity contribution in [3.8, 4) is 10.9 Å². The van der Waals surface area contributed by atoms with Crippen molar-refractivity contribution in [2.45, 2.75) is 18.7 Å². The third kappa shape index (κ3) is 3.02. The maximum Gasteiger partial charge on any atom is 0.421 e. The van der Waals surface area contributed by atoms with Gasteiger partial charge in [-0.15, -0.1) is 0 Å². The zero-order valence-corrected chi connectivity index (χ0v) is 12.8. The summed E-state index contributed by atoms with van der Waals surface area (Å²) >= 11 is 1.34. The van der Waals surface area contributed by atoms with Crippen LogP contribution in [0.1, 0.15) is 12.5 Å². The summed E-state index contributed by atoms with van der Waals surface area (Å²) in [5.41, 5.74) is -2.35. The number of hydrogen-bond acceptors (Lipinski definition) is 4. The highest BCUT2D eigenvalue weighted by molar-refractivity contribution is 7.20. The molecule has 0 aliphatic carbocycles. The highest BCUT2D eigenvalue weighted by Crippen LogP contribution is 2.39. The normalized spacial score (nSPS) is 14.7. The molecule has 0 bridgehead atoms. The predicted molar refractivity (Wildman–Crippen MR) is 81.8 cm³/mol. The average molecular weight is 339 g/mol. The first kappa shape index (κ1) is 15.8. The van der Waals surface area contributed by atoms with Crippen LogP contribution in [-0.4, -0.2) is 16.3 Å². The molecule has 0 radical (unpaired) electrons. The lowest BCUT2D eigenvalue weighted by Gasteiger charge is -2.26. The number of rotatable bonds is 3. The topological polar surface area (TPSA) is 42.4 Å². The molecule has 0 amide bonds. The molecule has 1 aromatic heterocycles. The van der Waals surface area contributed by atoms with E-state index in [0.29, 0.717) is 10.9 Å². The second-order valence-corrected chi connectivity index (χ2v) is 6.14. The number of alkyl halides is 3. The van der Waals surface area contributed by atoms with Gasteiger partial charge in [0.15, 0.2) is 5.60 Å². The first-order chi connectivity index (χ1) is 10.8. The second-order valence-electron chi connectivity index (χ2n) is 5.14. The maximum atomic E-state index is 12.8. The van der Waals surface area contributed by atoms with Crippen LogP contribution in [-0.2, 0) is 5.60 Å². The van der Waals surface area contributed by atoms with Crippen LogP contribution in [0.3, 0.4) is 0 Å². The standard InChI is InChI=1S/C16H12F3NO2S/c1-15(21,16(17,18)19)10-6-8-11(9-7-10)22-14-20-12-4-2-3-5-13(12)23-14/h2-9,21H,1H3. The molecule has 1 atom stereocenters. The monoisotopic (exact) mass is 339 g/mol. The molecule has 2 aromatic carbocycles. The van der Waals surface area contributed by atoms with Crippen molar-refractivity contribution in [2.24, 2.45) is 0 Å². The van der Waals surface area contributed by atoms with Crippen molar-refractivity contribution in [1.82, 2.24) is 4.98 Å². The lowest BCUT2D eigenvalue weighted by molar-refractivity contribution is -0.258. The van der Waals surface area contributed by atoms with E-state index in [1.165, 1.54) is 35.6 Å². The van der Waals surface area contributed by atoms with E-state index in [4.69, 9.17) is 4.74 Å². The van der Waals surface area contributed by atoms with Gasteiger partial charge in [0, 0.05) is 0 Å². The van der Waals surface area contributed by atoms with Crippen molar-refractivity contribution in [2.75, 3.05) is 0 Å². The Kier molecular flexibility index (Phi) is 3.77. The summed E-state index contributed by atoms with van der Waals surface area (Å²) in [5, 5.41) is 10.0. The summed E-state index contributed by atoms with van der Waals surface area (Å²) in [7, 11) is 0. The summed E-state index contributed by atoms with van der Waals surface area (Å²) < 4.78 is 44.9. The van der Waals surface area contributed by atoms with Crippen molar-refractivity contribution in [1.29, 1.82) is 0 Å². The summed E-state index contributed by atoms with van der Waals surface area (Å²) in [6.07, 6.45) is -4.75. The predicted octanol–water partition coefficient (Wildman–Crippen LogP) is 4.86. The van der Waals surface area contributed by atoms with E-state index in [2.05, 4.69) is 4.98 Å². The third-order valence-electron chi connectivity index (χ3n) is 3.45. The molecule has 1 unspecified atom stereocenters. The highest BCUT2D eigenvalue weighted by Gasteiger charge is 2.51. The van der Waals surface area contributed by atoms with Crippen molar-refractivity contribution in [3.05, 3.63) is 54.1 Å². The van der Waals surface area contributed by atoms with Gasteiger partial charge < -0.3 is 9.84 Å². The van der Waals surface area contributed by atoms with Gasteiger partial charge in [0.1, 0.15) is 5.75 Å². The van der Waals surface area contributed by atoms with Crippen LogP contribution >= 0.6 is 11.3 Å². The minimum absolute atomic E-state index is 0.248. The number of nitrogens with zero attached hydrogens (tertiary/aromatic N) is 1. The minimum atomic E-state index is -4.75. The fourth-order valence-corrected chi connectivity index (χ4v) is 2.84. The molecule has 0 fully saturated rings. The molecule has 23 heavy (non-hydrogen) atoms. The van der Waals surface area contributed by atoms with E-state index in [1.807, 2.05) is 24.3 Å². The van der Waals surface area contributed by atoms with E-state index in [1.54, 1.807) is 0 Å². The summed E-state index contributed by atoms with van der Waals surface area (Å²) in [6, 6.07) is 12.6. The Hall–Kier alpha value is -2.12. The number of benzene rings is 2. The van der Waals surface area contributed by atoms with Crippen LogP contribution in [0.25, 0.3) is 10.2 Å². The lowest BCUT2D eigenvalue weighted by Crippen LogP contribution is -2.39. The van der Waals surface area contributed by atoms with Crippen LogP contribution in [0.4, 0.5) is 13.2 Å². The molecule has 3 rings (SSSR count). The molecule has 0 aliphatic rings. The van der Waals surface area contributed by atoms with Gasteiger partial charge in [0.2, 0.25) is 0 Å². The molecule has 0 saturated heterocycles. The SMILES string of the molecule is CC(O)(c1ccc(Oc2nc3ccccc3s2)cc1)C(F)(F)F. The van der Waals surface area contributed by atoms with Gasteiger partial charge in [0.05, 0.1) is 10.2 Å². The molecule has 3 aromatic rings. The number of ether oxygens (including phenoxy) is 1. The Balaban J connectivity index is 1.82. The van der Waals surface area contributed by atoms with Gasteiger partial charge in [-0.05, 0) is 36.8 Å². The Morgan fingerprint density at radius 2 is 1.70 bits per heavy atom. The number of hydrogen-bond donors (Lipinski definition) is 1. The first-order valence-electron chi connectivity index (χ1n) is 6.70. The first-order valence-corrected chi connectivity index (χ1v) is 7.52. The quantitative estimate of drug-likeness (QED) is 0.741. The molecule has 0 saturated carbocycles. The Labute approximate surface area is 134 Å². The number of aromatic nitrogens is 1. The van der Waals surface area contributed by atoms with Crippen LogP contribution < -0.4 is 4.74 Å². The number of para-hydroxylation sites is 1. The third-order valence-corrected chi connectivity index (χ3v) is 4.36. The molecule has 0 spiro atoms. The molecule has 7 heteroatoms. The minimum Gasteiger partial charge on any atom is -0.431 e. The van der Waals surface area contributed by atoms with E-state index in [9.17, 15) is 18.3 Å². The van der Waals surface area contributed by atoms with E-state index < -0.39 is 11.8 Å². The molecule has 1 N–H and O–H groups in total. The van der Waals surface area contributed by atoms with Crippen molar-refractivity contribution < 1.29 is 23.0 Å². The van der Waals surface area contributed by atoms with Crippen molar-refractivity contribution >= 4 is 21.6 Å². The number of thiazole rings is 1. The van der Waals surface area contributed by atoms with Crippen LogP contribution in [0.2, 0.25) is 0 Å². The van der Waals surface area contributed by atoms with Gasteiger partial charge in [-0.1, -0.05) is 35.6 Å². The van der Waals surface area contributed by atoms with E-state index in [-0.39, 0.29) is 5.56 Å². The van der Waals surface area contributed by atoms with Gasteiger partial charge >= 0.3 is 6.18 Å². The van der Waals surface area contributed by atoms with Crippen LogP contribution in [0, 0.1) is 0 Å². The molecule has 1 heterocycles.